The number of alkyl halides is 3. The number of rotatable bonds is 6. The molecule has 0 atom stereocenters. The molecule has 1 aromatic heterocycles. The fraction of sp³-hybridized carbons (Fsp3) is 0.304. The molecule has 1 saturated carbocycles. The molecule has 5 nitrogen and oxygen atoms in total. The van der Waals surface area contributed by atoms with Crippen LogP contribution in [0.4, 0.5) is 24.0 Å². The number of fused-ring (bicyclic) bond motifs is 1. The largest absolute Gasteiger partial charge is 0.493 e. The van der Waals surface area contributed by atoms with Crippen molar-refractivity contribution in [3.63, 3.8) is 0 Å². The number of ketones is 1. The van der Waals surface area contributed by atoms with Crippen molar-refractivity contribution in [1.29, 1.82) is 0 Å². The lowest BCUT2D eigenvalue weighted by Gasteiger charge is -2.16. The topological polar surface area (TPSA) is 60.5 Å². The van der Waals surface area contributed by atoms with Crippen molar-refractivity contribution in [1.82, 2.24) is 4.98 Å². The average molecular weight is 460 g/mol. The number of anilines is 2. The van der Waals surface area contributed by atoms with Crippen molar-refractivity contribution in [3.8, 4) is 22.8 Å². The Labute approximate surface area is 186 Å². The van der Waals surface area contributed by atoms with Gasteiger partial charge in [-0.3, -0.25) is 4.79 Å². The zero-order valence-electron chi connectivity index (χ0n) is 16.9. The van der Waals surface area contributed by atoms with Crippen LogP contribution in [0.1, 0.15) is 24.0 Å². The van der Waals surface area contributed by atoms with Crippen LogP contribution in [0.15, 0.2) is 41.8 Å². The van der Waals surface area contributed by atoms with Gasteiger partial charge in [-0.15, -0.1) is 11.3 Å². The van der Waals surface area contributed by atoms with Gasteiger partial charge in [-0.05, 0) is 55.2 Å². The number of nitrogens with one attached hydrogen (secondary N) is 1. The van der Waals surface area contributed by atoms with E-state index in [1.54, 1.807) is 12.1 Å². The monoisotopic (exact) mass is 460 g/mol. The Kier molecular flexibility index (Phi) is 5.28. The maximum atomic E-state index is 13.5. The van der Waals surface area contributed by atoms with Gasteiger partial charge in [0.1, 0.15) is 18.1 Å². The zero-order chi connectivity index (χ0) is 22.3. The van der Waals surface area contributed by atoms with E-state index in [9.17, 15) is 18.0 Å². The minimum atomic E-state index is -4.52. The number of ether oxygens (including phenoxy) is 2. The number of hydrogen-bond donors (Lipinski definition) is 1. The molecule has 2 aromatic carbocycles. The highest BCUT2D eigenvalue weighted by Gasteiger charge is 2.35. The Balaban J connectivity index is 1.35. The number of hydrogen-bond acceptors (Lipinski definition) is 6. The highest BCUT2D eigenvalue weighted by Crippen LogP contribution is 2.40. The molecule has 0 bridgehead atoms. The van der Waals surface area contributed by atoms with Gasteiger partial charge in [0.05, 0.1) is 17.9 Å². The summed E-state index contributed by atoms with van der Waals surface area (Å²) in [6.45, 7) is 0.393. The predicted molar refractivity (Wildman–Crippen MR) is 115 cm³/mol. The molecule has 1 N–H and O–H groups in total. The number of thiazole rings is 1. The molecule has 2 heterocycles. The normalized spacial score (nSPS) is 15.8. The molecule has 0 radical (unpaired) electrons. The Bertz CT molecular complexity index is 1170. The standard InChI is InChI=1S/C23H19F3N2O3S/c24-23(25,26)18-9-16(4-6-21(18)30-10-13-1-2-13)27-22-28-19(12-32-22)14-3-5-20-15(7-14)8-17(29)11-31-20/h3-7,9,12-13H,1-2,8,10-11H2,(H,27,28). The fourth-order valence-corrected chi connectivity index (χ4v) is 4.21. The smallest absolute Gasteiger partial charge is 0.420 e. The van der Waals surface area contributed by atoms with Gasteiger partial charge in [-0.25, -0.2) is 4.98 Å². The summed E-state index contributed by atoms with van der Waals surface area (Å²) >= 11 is 1.28. The number of carbonyl (C=O) groups is 1. The Morgan fingerprint density at radius 3 is 2.81 bits per heavy atom. The lowest BCUT2D eigenvalue weighted by Crippen LogP contribution is -2.20. The highest BCUT2D eigenvalue weighted by atomic mass is 32.1. The van der Waals surface area contributed by atoms with Crippen LogP contribution in [-0.4, -0.2) is 24.0 Å². The summed E-state index contributed by atoms with van der Waals surface area (Å²) in [4.78, 5) is 16.1. The van der Waals surface area contributed by atoms with Crippen molar-refractivity contribution in [2.24, 2.45) is 5.92 Å². The summed E-state index contributed by atoms with van der Waals surface area (Å²) < 4.78 is 51.5. The van der Waals surface area contributed by atoms with Crippen molar-refractivity contribution in [3.05, 3.63) is 52.9 Å². The first-order valence-corrected chi connectivity index (χ1v) is 11.1. The quantitative estimate of drug-likeness (QED) is 0.499. The molecule has 0 saturated heterocycles. The molecule has 1 aliphatic carbocycles. The van der Waals surface area contributed by atoms with Crippen molar-refractivity contribution >= 4 is 27.9 Å². The van der Waals surface area contributed by atoms with Gasteiger partial charge in [-0.1, -0.05) is 0 Å². The van der Waals surface area contributed by atoms with Crippen molar-refractivity contribution in [2.75, 3.05) is 18.5 Å². The van der Waals surface area contributed by atoms with Gasteiger partial charge in [0.15, 0.2) is 10.9 Å². The lowest BCUT2D eigenvalue weighted by molar-refractivity contribution is -0.139. The second-order valence-corrected chi connectivity index (χ2v) is 8.81. The summed E-state index contributed by atoms with van der Waals surface area (Å²) in [6.07, 6.45) is -2.21. The van der Waals surface area contributed by atoms with Gasteiger partial charge in [0.25, 0.3) is 0 Å². The van der Waals surface area contributed by atoms with E-state index in [1.807, 2.05) is 17.5 Å². The Hall–Kier alpha value is -3.07. The summed E-state index contributed by atoms with van der Waals surface area (Å²) in [6, 6.07) is 9.47. The summed E-state index contributed by atoms with van der Waals surface area (Å²) in [7, 11) is 0. The third-order valence-corrected chi connectivity index (χ3v) is 6.10. The van der Waals surface area contributed by atoms with Gasteiger partial charge in [0.2, 0.25) is 0 Å². The van der Waals surface area contributed by atoms with E-state index in [4.69, 9.17) is 9.47 Å². The van der Waals surface area contributed by atoms with E-state index in [1.165, 1.54) is 17.4 Å². The molecule has 32 heavy (non-hydrogen) atoms. The first-order chi connectivity index (χ1) is 15.3. The zero-order valence-corrected chi connectivity index (χ0v) is 17.7. The molecule has 166 valence electrons. The van der Waals surface area contributed by atoms with Crippen LogP contribution in [0, 0.1) is 5.92 Å². The molecule has 1 aliphatic heterocycles. The number of carbonyl (C=O) groups excluding carboxylic acids is 1. The molecular weight excluding hydrogens is 441 g/mol. The van der Waals surface area contributed by atoms with E-state index in [-0.39, 0.29) is 23.8 Å². The van der Waals surface area contributed by atoms with E-state index in [0.29, 0.717) is 35.5 Å². The maximum absolute atomic E-state index is 13.5. The first kappa shape index (κ1) is 20.8. The van der Waals surface area contributed by atoms with E-state index < -0.39 is 11.7 Å². The van der Waals surface area contributed by atoms with Gasteiger partial charge in [-0.2, -0.15) is 13.2 Å². The third-order valence-electron chi connectivity index (χ3n) is 5.34. The van der Waals surface area contributed by atoms with Crippen LogP contribution >= 0.6 is 11.3 Å². The van der Waals surface area contributed by atoms with Crippen LogP contribution in [-0.2, 0) is 17.4 Å². The third kappa shape index (κ3) is 4.57. The molecule has 3 aromatic rings. The average Bonchev–Trinajstić information content (AvgIpc) is 3.48. The summed E-state index contributed by atoms with van der Waals surface area (Å²) in [5, 5.41) is 5.23. The van der Waals surface area contributed by atoms with Crippen molar-refractivity contribution < 1.29 is 27.4 Å². The summed E-state index contributed by atoms with van der Waals surface area (Å²) in [5.41, 5.74) is 1.75. The first-order valence-electron chi connectivity index (χ1n) is 10.2. The van der Waals surface area contributed by atoms with Gasteiger partial charge >= 0.3 is 6.18 Å². The number of halogens is 3. The van der Waals surface area contributed by atoms with Crippen LogP contribution in [0.5, 0.6) is 11.5 Å². The van der Waals surface area contributed by atoms with E-state index >= 15 is 0 Å². The van der Waals surface area contributed by atoms with Crippen LogP contribution in [0.25, 0.3) is 11.3 Å². The van der Waals surface area contributed by atoms with Crippen molar-refractivity contribution in [2.45, 2.75) is 25.4 Å². The van der Waals surface area contributed by atoms with Crippen LogP contribution < -0.4 is 14.8 Å². The number of benzene rings is 2. The number of Topliss-reactive ketones (excluding diaryl/α,β-unsaturated/α-hetero) is 1. The second kappa shape index (κ2) is 8.12. The van der Waals surface area contributed by atoms with Gasteiger partial charge in [0, 0.05) is 28.6 Å². The van der Waals surface area contributed by atoms with E-state index in [2.05, 4.69) is 10.3 Å². The minimum Gasteiger partial charge on any atom is -0.493 e. The van der Waals surface area contributed by atoms with E-state index in [0.717, 1.165) is 30.0 Å². The number of aromatic nitrogens is 1. The van der Waals surface area contributed by atoms with Gasteiger partial charge < -0.3 is 14.8 Å². The highest BCUT2D eigenvalue weighted by molar-refractivity contribution is 7.14. The molecule has 0 spiro atoms. The summed E-state index contributed by atoms with van der Waals surface area (Å²) in [5.74, 6) is 0.905. The molecule has 2 aliphatic rings. The fourth-order valence-electron chi connectivity index (χ4n) is 3.47. The lowest BCUT2D eigenvalue weighted by atomic mass is 10.0. The molecule has 0 amide bonds. The molecule has 1 fully saturated rings. The maximum Gasteiger partial charge on any atom is 0.420 e. The van der Waals surface area contributed by atoms with Crippen LogP contribution in [0.2, 0.25) is 0 Å². The Morgan fingerprint density at radius 2 is 2.03 bits per heavy atom. The number of nitrogens with zero attached hydrogens (tertiary/aromatic N) is 1. The minimum absolute atomic E-state index is 0.0142. The SMILES string of the molecule is O=C1COc2ccc(-c3csc(Nc4ccc(OCC5CC5)c(C(F)(F)F)c4)n3)cc2C1. The molecule has 0 unspecified atom stereocenters. The Morgan fingerprint density at radius 1 is 1.19 bits per heavy atom. The molecular formula is C23H19F3N2O3S. The molecule has 5 rings (SSSR count). The molecule has 9 heteroatoms. The second-order valence-electron chi connectivity index (χ2n) is 7.95. The van der Waals surface area contributed by atoms with Crippen LogP contribution in [0.3, 0.4) is 0 Å². The predicted octanol–water partition coefficient (Wildman–Crippen LogP) is 5.87.